The second kappa shape index (κ2) is 3.89. The molecule has 0 radical (unpaired) electrons. The van der Waals surface area contributed by atoms with Gasteiger partial charge in [-0.1, -0.05) is 46.3 Å². The Balaban J connectivity index is 1.85. The second-order valence-electron chi connectivity index (χ2n) is 4.10. The Kier molecular flexibility index (Phi) is 2.54. The fraction of sp³-hybridized carbons (Fsp3) is 0.500. The molecule has 2 nitrogen and oxygen atoms in total. The van der Waals surface area contributed by atoms with Gasteiger partial charge in [-0.3, -0.25) is 0 Å². The van der Waals surface area contributed by atoms with Crippen molar-refractivity contribution in [2.75, 3.05) is 0 Å². The summed E-state index contributed by atoms with van der Waals surface area (Å²) in [6.07, 6.45) is 2.52. The molecule has 2 heterocycles. The lowest BCUT2D eigenvalue weighted by atomic mass is 10.0. The van der Waals surface area contributed by atoms with Gasteiger partial charge < -0.3 is 9.47 Å². The van der Waals surface area contributed by atoms with E-state index in [1.54, 1.807) is 0 Å². The van der Waals surface area contributed by atoms with Crippen LogP contribution in [0.1, 0.15) is 24.5 Å². The first-order valence-electron chi connectivity index (χ1n) is 5.34. The molecule has 2 bridgehead atoms. The van der Waals surface area contributed by atoms with Crippen molar-refractivity contribution in [1.29, 1.82) is 0 Å². The maximum atomic E-state index is 5.91. The first kappa shape index (κ1) is 9.82. The van der Waals surface area contributed by atoms with E-state index in [-0.39, 0.29) is 18.5 Å². The zero-order valence-electron chi connectivity index (χ0n) is 8.30. The van der Waals surface area contributed by atoms with Gasteiger partial charge in [0.15, 0.2) is 6.29 Å². The fourth-order valence-electron chi connectivity index (χ4n) is 2.29. The summed E-state index contributed by atoms with van der Waals surface area (Å²) in [5.41, 5.74) is 1.23. The fourth-order valence-corrected chi connectivity index (χ4v) is 2.81. The summed E-state index contributed by atoms with van der Waals surface area (Å²) in [5.74, 6) is 0. The molecule has 0 aliphatic carbocycles. The molecule has 0 spiro atoms. The van der Waals surface area contributed by atoms with Crippen molar-refractivity contribution >= 4 is 15.9 Å². The monoisotopic (exact) mass is 268 g/mol. The van der Waals surface area contributed by atoms with E-state index in [0.29, 0.717) is 4.83 Å². The van der Waals surface area contributed by atoms with E-state index in [1.807, 2.05) is 18.2 Å². The Bertz CT molecular complexity index is 341. The average Bonchev–Trinajstić information content (AvgIpc) is 2.65. The molecule has 3 heteroatoms. The van der Waals surface area contributed by atoms with Crippen LogP contribution in [0.4, 0.5) is 0 Å². The Hall–Kier alpha value is -0.380. The third kappa shape index (κ3) is 1.73. The smallest absolute Gasteiger partial charge is 0.171 e. The predicted octanol–water partition coefficient (Wildman–Crippen LogP) is 3.03. The molecule has 80 valence electrons. The van der Waals surface area contributed by atoms with E-state index in [4.69, 9.17) is 9.47 Å². The number of fused-ring (bicyclic) bond motifs is 2. The van der Waals surface area contributed by atoms with Crippen LogP contribution < -0.4 is 0 Å². The van der Waals surface area contributed by atoms with Crippen LogP contribution in [-0.4, -0.2) is 17.2 Å². The van der Waals surface area contributed by atoms with Crippen molar-refractivity contribution in [2.45, 2.75) is 36.2 Å². The van der Waals surface area contributed by atoms with Crippen LogP contribution in [0, 0.1) is 0 Å². The predicted molar refractivity (Wildman–Crippen MR) is 60.9 cm³/mol. The number of hydrogen-bond donors (Lipinski definition) is 0. The van der Waals surface area contributed by atoms with Gasteiger partial charge in [0.25, 0.3) is 0 Å². The minimum absolute atomic E-state index is 0.0612. The molecule has 4 unspecified atom stereocenters. The third-order valence-corrected chi connectivity index (χ3v) is 3.97. The Labute approximate surface area is 97.7 Å². The highest BCUT2D eigenvalue weighted by Crippen LogP contribution is 2.42. The highest BCUT2D eigenvalue weighted by Gasteiger charge is 2.43. The lowest BCUT2D eigenvalue weighted by Gasteiger charge is -2.22. The van der Waals surface area contributed by atoms with Crippen molar-refractivity contribution in [2.24, 2.45) is 0 Å². The highest BCUT2D eigenvalue weighted by atomic mass is 79.9. The van der Waals surface area contributed by atoms with E-state index < -0.39 is 0 Å². The maximum Gasteiger partial charge on any atom is 0.171 e. The third-order valence-electron chi connectivity index (χ3n) is 3.08. The van der Waals surface area contributed by atoms with E-state index in [2.05, 4.69) is 28.1 Å². The van der Waals surface area contributed by atoms with Crippen LogP contribution in [0.3, 0.4) is 0 Å². The van der Waals surface area contributed by atoms with Crippen LogP contribution in [-0.2, 0) is 9.47 Å². The van der Waals surface area contributed by atoms with E-state index in [9.17, 15) is 0 Å². The van der Waals surface area contributed by atoms with Gasteiger partial charge >= 0.3 is 0 Å². The van der Waals surface area contributed by atoms with Gasteiger partial charge in [-0.05, 0) is 18.4 Å². The number of ether oxygens (including phenoxy) is 2. The number of halogens is 1. The van der Waals surface area contributed by atoms with E-state index in [0.717, 1.165) is 12.8 Å². The number of rotatable bonds is 1. The van der Waals surface area contributed by atoms with Crippen LogP contribution in [0.15, 0.2) is 30.3 Å². The summed E-state index contributed by atoms with van der Waals surface area (Å²) in [5, 5.41) is 0. The van der Waals surface area contributed by atoms with Gasteiger partial charge in [0.05, 0.1) is 10.9 Å². The van der Waals surface area contributed by atoms with Gasteiger partial charge in [0.1, 0.15) is 6.10 Å². The number of hydrogen-bond acceptors (Lipinski definition) is 2. The summed E-state index contributed by atoms with van der Waals surface area (Å²) in [4.78, 5) is 0.350. The largest absolute Gasteiger partial charge is 0.345 e. The molecule has 0 N–H and O–H groups in total. The van der Waals surface area contributed by atoms with Crippen molar-refractivity contribution in [3.63, 3.8) is 0 Å². The Morgan fingerprint density at radius 2 is 1.87 bits per heavy atom. The van der Waals surface area contributed by atoms with Gasteiger partial charge in [-0.2, -0.15) is 0 Å². The molecule has 0 saturated carbocycles. The topological polar surface area (TPSA) is 18.5 Å². The van der Waals surface area contributed by atoms with E-state index in [1.165, 1.54) is 5.56 Å². The summed E-state index contributed by atoms with van der Waals surface area (Å²) in [6, 6.07) is 10.3. The molecule has 4 atom stereocenters. The van der Waals surface area contributed by atoms with Crippen molar-refractivity contribution in [3.8, 4) is 0 Å². The van der Waals surface area contributed by atoms with Gasteiger partial charge in [0.2, 0.25) is 0 Å². The highest BCUT2D eigenvalue weighted by molar-refractivity contribution is 9.09. The minimum atomic E-state index is -0.0612. The van der Waals surface area contributed by atoms with Crippen LogP contribution >= 0.6 is 15.9 Å². The Morgan fingerprint density at radius 3 is 2.60 bits per heavy atom. The number of benzene rings is 1. The molecule has 2 aliphatic rings. The molecule has 1 aromatic carbocycles. The lowest BCUT2D eigenvalue weighted by Crippen LogP contribution is -2.28. The summed E-state index contributed by atoms with van der Waals surface area (Å²) >= 11 is 3.59. The molecule has 15 heavy (non-hydrogen) atoms. The minimum Gasteiger partial charge on any atom is -0.345 e. The zero-order chi connectivity index (χ0) is 10.3. The first-order valence-corrected chi connectivity index (χ1v) is 6.26. The zero-order valence-corrected chi connectivity index (χ0v) is 9.89. The summed E-state index contributed by atoms with van der Waals surface area (Å²) < 4.78 is 11.7. The molecule has 0 aromatic heterocycles. The molecule has 1 aromatic rings. The molecule has 2 aliphatic heterocycles. The van der Waals surface area contributed by atoms with Crippen molar-refractivity contribution < 1.29 is 9.47 Å². The molecule has 0 amide bonds. The second-order valence-corrected chi connectivity index (χ2v) is 5.28. The average molecular weight is 269 g/mol. The van der Waals surface area contributed by atoms with Crippen molar-refractivity contribution in [1.82, 2.24) is 0 Å². The maximum absolute atomic E-state index is 5.91. The molecule has 3 rings (SSSR count). The quantitative estimate of drug-likeness (QED) is 0.729. The SMILES string of the molecule is BrC1CCC2OC1OC2c1ccccc1. The van der Waals surface area contributed by atoms with Gasteiger partial charge in [0, 0.05) is 0 Å². The van der Waals surface area contributed by atoms with Crippen LogP contribution in [0.25, 0.3) is 0 Å². The normalized spacial score (nSPS) is 39.3. The van der Waals surface area contributed by atoms with Crippen LogP contribution in [0.5, 0.6) is 0 Å². The standard InChI is InChI=1S/C12H13BrO2/c13-9-6-7-10-11(15-12(9)14-10)8-4-2-1-3-5-8/h1-5,9-12H,6-7H2. The lowest BCUT2D eigenvalue weighted by molar-refractivity contribution is -0.0803. The summed E-state index contributed by atoms with van der Waals surface area (Å²) in [7, 11) is 0. The van der Waals surface area contributed by atoms with Crippen LogP contribution in [0.2, 0.25) is 0 Å². The van der Waals surface area contributed by atoms with E-state index >= 15 is 0 Å². The molecular formula is C12H13BrO2. The molecule has 2 saturated heterocycles. The molecule has 2 fully saturated rings. The van der Waals surface area contributed by atoms with Gasteiger partial charge in [-0.15, -0.1) is 0 Å². The first-order chi connectivity index (χ1) is 7.34. The molecular weight excluding hydrogens is 256 g/mol. The Morgan fingerprint density at radius 1 is 1.07 bits per heavy atom. The number of alkyl halides is 1. The van der Waals surface area contributed by atoms with Crippen molar-refractivity contribution in [3.05, 3.63) is 35.9 Å². The summed E-state index contributed by atoms with van der Waals surface area (Å²) in [6.45, 7) is 0. The van der Waals surface area contributed by atoms with Gasteiger partial charge in [-0.25, -0.2) is 0 Å².